The molecule has 9 heteroatoms. The van der Waals surface area contributed by atoms with Crippen molar-refractivity contribution >= 4 is 33.2 Å². The third-order valence-corrected chi connectivity index (χ3v) is 6.20. The fraction of sp³-hybridized carbons (Fsp3) is 0.130. The Morgan fingerprint density at radius 1 is 0.844 bits per heavy atom. The number of benzene rings is 3. The van der Waals surface area contributed by atoms with Crippen LogP contribution in [0.4, 0.5) is 11.4 Å². The monoisotopic (exact) mass is 453 g/mol. The van der Waals surface area contributed by atoms with Crippen LogP contribution in [-0.2, 0) is 10.0 Å². The minimum absolute atomic E-state index is 0.123. The van der Waals surface area contributed by atoms with Crippen molar-refractivity contribution in [1.29, 1.82) is 0 Å². The lowest BCUT2D eigenvalue weighted by molar-refractivity contribution is 0.101. The van der Waals surface area contributed by atoms with E-state index in [1.54, 1.807) is 42.5 Å². The van der Waals surface area contributed by atoms with Crippen LogP contribution in [0.2, 0.25) is 0 Å². The average molecular weight is 454 g/mol. The summed E-state index contributed by atoms with van der Waals surface area (Å²) in [4.78, 5) is 25.1. The van der Waals surface area contributed by atoms with Crippen LogP contribution in [0.25, 0.3) is 0 Å². The van der Waals surface area contributed by atoms with Crippen LogP contribution >= 0.6 is 0 Å². The first kappa shape index (κ1) is 23.0. The summed E-state index contributed by atoms with van der Waals surface area (Å²) in [5, 5.41) is 5.56. The van der Waals surface area contributed by atoms with E-state index in [1.165, 1.54) is 32.4 Å². The van der Waals surface area contributed by atoms with Gasteiger partial charge in [0, 0.05) is 22.5 Å². The molecule has 32 heavy (non-hydrogen) atoms. The van der Waals surface area contributed by atoms with E-state index in [2.05, 4.69) is 15.4 Å². The molecule has 3 N–H and O–H groups in total. The van der Waals surface area contributed by atoms with Gasteiger partial charge in [-0.2, -0.15) is 0 Å². The molecule has 2 amide bonds. The summed E-state index contributed by atoms with van der Waals surface area (Å²) in [6.07, 6.45) is 0. The fourth-order valence-corrected chi connectivity index (χ4v) is 3.88. The van der Waals surface area contributed by atoms with E-state index in [0.717, 1.165) is 5.56 Å². The van der Waals surface area contributed by atoms with Crippen LogP contribution < -0.4 is 20.1 Å². The number of carbonyl (C=O) groups is 2. The predicted octanol–water partition coefficient (Wildman–Crippen LogP) is 3.42. The van der Waals surface area contributed by atoms with Crippen LogP contribution in [0.15, 0.2) is 71.6 Å². The number of carbonyl (C=O) groups excluding carboxylic acids is 2. The summed E-state index contributed by atoms with van der Waals surface area (Å²) in [5.41, 5.74) is 2.41. The number of amides is 2. The van der Waals surface area contributed by atoms with Crippen LogP contribution in [-0.4, -0.2) is 34.4 Å². The Morgan fingerprint density at radius 3 is 2.19 bits per heavy atom. The number of hydrogen-bond donors (Lipinski definition) is 3. The highest BCUT2D eigenvalue weighted by Gasteiger charge is 2.20. The van der Waals surface area contributed by atoms with Gasteiger partial charge in [0.15, 0.2) is 0 Å². The summed E-state index contributed by atoms with van der Waals surface area (Å²) in [6, 6.07) is 18.0. The van der Waals surface area contributed by atoms with E-state index < -0.39 is 15.9 Å². The molecule has 0 aliphatic carbocycles. The number of rotatable bonds is 7. The van der Waals surface area contributed by atoms with Gasteiger partial charge in [0.1, 0.15) is 10.6 Å². The Bertz CT molecular complexity index is 1260. The van der Waals surface area contributed by atoms with Crippen molar-refractivity contribution in [2.45, 2.75) is 11.8 Å². The molecule has 0 aliphatic rings. The lowest BCUT2D eigenvalue weighted by atomic mass is 10.1. The summed E-state index contributed by atoms with van der Waals surface area (Å²) < 4.78 is 31.9. The first-order valence-corrected chi connectivity index (χ1v) is 11.1. The van der Waals surface area contributed by atoms with Gasteiger partial charge in [-0.3, -0.25) is 9.59 Å². The maximum absolute atomic E-state index is 12.8. The quantitative estimate of drug-likeness (QED) is 0.507. The molecule has 0 atom stereocenters. The largest absolute Gasteiger partial charge is 0.495 e. The van der Waals surface area contributed by atoms with Crippen molar-refractivity contribution in [3.05, 3.63) is 83.4 Å². The summed E-state index contributed by atoms with van der Waals surface area (Å²) in [7, 11) is -1.20. The second-order valence-corrected chi connectivity index (χ2v) is 8.73. The van der Waals surface area contributed by atoms with Crippen molar-refractivity contribution in [2.75, 3.05) is 24.8 Å². The highest BCUT2D eigenvalue weighted by Crippen LogP contribution is 2.26. The number of aryl methyl sites for hydroxylation is 1. The molecule has 0 fully saturated rings. The van der Waals surface area contributed by atoms with E-state index in [-0.39, 0.29) is 22.1 Å². The number of nitrogens with one attached hydrogen (secondary N) is 3. The highest BCUT2D eigenvalue weighted by molar-refractivity contribution is 7.89. The Morgan fingerprint density at radius 2 is 1.53 bits per heavy atom. The van der Waals surface area contributed by atoms with Crippen molar-refractivity contribution in [1.82, 2.24) is 4.72 Å². The fourth-order valence-electron chi connectivity index (χ4n) is 2.96. The van der Waals surface area contributed by atoms with Crippen LogP contribution in [0, 0.1) is 6.92 Å². The van der Waals surface area contributed by atoms with Gasteiger partial charge in [0.05, 0.1) is 7.11 Å². The minimum atomic E-state index is -3.83. The molecule has 0 unspecified atom stereocenters. The Hall–Kier alpha value is -3.69. The molecule has 3 aromatic rings. The number of sulfonamides is 1. The van der Waals surface area contributed by atoms with Gasteiger partial charge in [-0.05, 0) is 62.0 Å². The molecule has 0 saturated heterocycles. The minimum Gasteiger partial charge on any atom is -0.495 e. The molecule has 0 bridgehead atoms. The Kier molecular flexibility index (Phi) is 6.92. The normalized spacial score (nSPS) is 11.0. The van der Waals surface area contributed by atoms with Crippen molar-refractivity contribution in [2.24, 2.45) is 0 Å². The predicted molar refractivity (Wildman–Crippen MR) is 123 cm³/mol. The average Bonchev–Trinajstić information content (AvgIpc) is 2.81. The molecular weight excluding hydrogens is 430 g/mol. The second kappa shape index (κ2) is 9.63. The zero-order valence-corrected chi connectivity index (χ0v) is 18.6. The number of anilines is 2. The number of hydrogen-bond acceptors (Lipinski definition) is 5. The second-order valence-electron chi connectivity index (χ2n) is 6.88. The van der Waals surface area contributed by atoms with Crippen LogP contribution in [0.5, 0.6) is 5.75 Å². The van der Waals surface area contributed by atoms with E-state index in [0.29, 0.717) is 16.9 Å². The third kappa shape index (κ3) is 5.13. The number of methoxy groups -OCH3 is 1. The number of ether oxygens (including phenoxy) is 1. The van der Waals surface area contributed by atoms with Gasteiger partial charge in [-0.15, -0.1) is 0 Å². The summed E-state index contributed by atoms with van der Waals surface area (Å²) in [6.45, 7) is 1.81. The van der Waals surface area contributed by atoms with Crippen molar-refractivity contribution < 1.29 is 22.7 Å². The SMILES string of the molecule is CNS(=O)(=O)c1cc(C(=O)Nc2cc(NC(=O)c3ccccc3)ccc2C)ccc1OC. The van der Waals surface area contributed by atoms with Crippen LogP contribution in [0.1, 0.15) is 26.3 Å². The first-order chi connectivity index (χ1) is 15.2. The maximum Gasteiger partial charge on any atom is 0.255 e. The molecule has 0 aromatic heterocycles. The molecule has 0 saturated carbocycles. The molecule has 8 nitrogen and oxygen atoms in total. The van der Waals surface area contributed by atoms with Gasteiger partial charge in [-0.1, -0.05) is 24.3 Å². The molecule has 166 valence electrons. The van der Waals surface area contributed by atoms with E-state index in [4.69, 9.17) is 4.74 Å². The smallest absolute Gasteiger partial charge is 0.255 e. The molecule has 3 aromatic carbocycles. The summed E-state index contributed by atoms with van der Waals surface area (Å²) >= 11 is 0. The zero-order valence-electron chi connectivity index (χ0n) is 17.8. The molecule has 0 aliphatic heterocycles. The Labute approximate surface area is 186 Å². The van der Waals surface area contributed by atoms with Crippen molar-refractivity contribution in [3.8, 4) is 5.75 Å². The molecule has 3 rings (SSSR count). The molecule has 0 radical (unpaired) electrons. The zero-order chi connectivity index (χ0) is 23.3. The van der Waals surface area contributed by atoms with E-state index in [1.807, 2.05) is 13.0 Å². The van der Waals surface area contributed by atoms with E-state index >= 15 is 0 Å². The van der Waals surface area contributed by atoms with Gasteiger partial charge in [-0.25, -0.2) is 13.1 Å². The van der Waals surface area contributed by atoms with Gasteiger partial charge in [0.25, 0.3) is 11.8 Å². The first-order valence-electron chi connectivity index (χ1n) is 9.65. The third-order valence-electron chi connectivity index (χ3n) is 4.76. The molecule has 0 heterocycles. The van der Waals surface area contributed by atoms with Gasteiger partial charge in [0.2, 0.25) is 10.0 Å². The highest BCUT2D eigenvalue weighted by atomic mass is 32.2. The lowest BCUT2D eigenvalue weighted by Gasteiger charge is -2.13. The van der Waals surface area contributed by atoms with Crippen LogP contribution in [0.3, 0.4) is 0 Å². The van der Waals surface area contributed by atoms with Crippen molar-refractivity contribution in [3.63, 3.8) is 0 Å². The topological polar surface area (TPSA) is 114 Å². The summed E-state index contributed by atoms with van der Waals surface area (Å²) in [5.74, 6) is -0.656. The van der Waals surface area contributed by atoms with E-state index in [9.17, 15) is 18.0 Å². The van der Waals surface area contributed by atoms with Gasteiger partial charge >= 0.3 is 0 Å². The van der Waals surface area contributed by atoms with Gasteiger partial charge < -0.3 is 15.4 Å². The standard InChI is InChI=1S/C23H23N3O5S/c1-15-9-11-18(25-22(27)16-7-5-4-6-8-16)14-19(15)26-23(28)17-10-12-20(31-3)21(13-17)32(29,30)24-2/h4-14,24H,1-3H3,(H,25,27)(H,26,28). The molecule has 0 spiro atoms. The lowest BCUT2D eigenvalue weighted by Crippen LogP contribution is -2.21. The Balaban J connectivity index is 1.84. The maximum atomic E-state index is 12.8. The molecular formula is C23H23N3O5S.